The minimum absolute atomic E-state index is 0.0371. The lowest BCUT2D eigenvalue weighted by Gasteiger charge is -2.29. The van der Waals surface area contributed by atoms with Crippen LogP contribution in [-0.2, 0) is 0 Å². The molecule has 1 aliphatic carbocycles. The molecule has 2 atom stereocenters. The van der Waals surface area contributed by atoms with Crippen molar-refractivity contribution in [3.63, 3.8) is 0 Å². The van der Waals surface area contributed by atoms with E-state index in [1.165, 1.54) is 0 Å². The van der Waals surface area contributed by atoms with Crippen molar-refractivity contribution in [3.05, 3.63) is 53.6 Å². The summed E-state index contributed by atoms with van der Waals surface area (Å²) in [7, 11) is 1.66. The van der Waals surface area contributed by atoms with E-state index in [0.29, 0.717) is 5.02 Å². The fourth-order valence-corrected chi connectivity index (χ4v) is 3.82. The first-order valence-electron chi connectivity index (χ1n) is 9.33. The third-order valence-electron chi connectivity index (χ3n) is 5.21. The van der Waals surface area contributed by atoms with Gasteiger partial charge in [0.2, 0.25) is 0 Å². The predicted octanol–water partition coefficient (Wildman–Crippen LogP) is 5.28. The van der Waals surface area contributed by atoms with Crippen molar-refractivity contribution in [2.24, 2.45) is 0 Å². The van der Waals surface area contributed by atoms with E-state index in [0.717, 1.165) is 59.3 Å². The topological polar surface area (TPSA) is 54.4 Å². The third kappa shape index (κ3) is 3.87. The Kier molecular flexibility index (Phi) is 5.19. The lowest BCUT2D eigenvalue weighted by molar-refractivity contribution is 0.116. The molecule has 1 aliphatic rings. The van der Waals surface area contributed by atoms with E-state index in [4.69, 9.17) is 21.3 Å². The first kappa shape index (κ1) is 18.1. The van der Waals surface area contributed by atoms with Gasteiger partial charge < -0.3 is 15.2 Å². The maximum atomic E-state index is 10.4. The Labute approximate surface area is 164 Å². The number of anilines is 1. The van der Waals surface area contributed by atoms with Crippen LogP contribution in [0.15, 0.2) is 48.5 Å². The Bertz CT molecular complexity index is 943. The number of aromatic nitrogens is 1. The van der Waals surface area contributed by atoms with Gasteiger partial charge in [-0.15, -0.1) is 0 Å². The molecule has 0 bridgehead atoms. The SMILES string of the molecule is COc1cc(N[C@@H]2CCCC[C@@H]2O)c2nc(-c3ccc(Cl)cc3)ccc2c1. The van der Waals surface area contributed by atoms with Crippen molar-refractivity contribution < 1.29 is 9.84 Å². The third-order valence-corrected chi connectivity index (χ3v) is 5.46. The van der Waals surface area contributed by atoms with E-state index >= 15 is 0 Å². The average Bonchev–Trinajstić information content (AvgIpc) is 2.70. The molecule has 0 unspecified atom stereocenters. The maximum absolute atomic E-state index is 10.4. The van der Waals surface area contributed by atoms with Crippen molar-refractivity contribution in [3.8, 4) is 17.0 Å². The van der Waals surface area contributed by atoms with Gasteiger partial charge in [-0.25, -0.2) is 4.98 Å². The van der Waals surface area contributed by atoms with Gasteiger partial charge in [-0.1, -0.05) is 42.6 Å². The van der Waals surface area contributed by atoms with Gasteiger partial charge in [0.15, 0.2) is 0 Å². The average molecular weight is 383 g/mol. The number of nitrogens with zero attached hydrogens (tertiary/aromatic N) is 1. The molecule has 4 rings (SSSR count). The molecule has 0 saturated heterocycles. The Morgan fingerprint density at radius 1 is 1.07 bits per heavy atom. The Hall–Kier alpha value is -2.30. The first-order valence-corrected chi connectivity index (χ1v) is 9.71. The van der Waals surface area contributed by atoms with Crippen LogP contribution < -0.4 is 10.1 Å². The number of ether oxygens (including phenoxy) is 1. The van der Waals surface area contributed by atoms with Gasteiger partial charge in [-0.2, -0.15) is 0 Å². The lowest BCUT2D eigenvalue weighted by atomic mass is 9.92. The molecule has 1 aromatic heterocycles. The second kappa shape index (κ2) is 7.75. The number of methoxy groups -OCH3 is 1. The molecule has 2 N–H and O–H groups in total. The molecule has 1 saturated carbocycles. The Morgan fingerprint density at radius 3 is 2.59 bits per heavy atom. The second-order valence-corrected chi connectivity index (χ2v) is 7.49. The minimum Gasteiger partial charge on any atom is -0.497 e. The molecule has 1 fully saturated rings. The van der Waals surface area contributed by atoms with Gasteiger partial charge in [0.05, 0.1) is 36.2 Å². The summed E-state index contributed by atoms with van der Waals surface area (Å²) in [5.41, 5.74) is 3.67. The molecule has 0 amide bonds. The van der Waals surface area contributed by atoms with Crippen molar-refractivity contribution in [2.75, 3.05) is 12.4 Å². The lowest BCUT2D eigenvalue weighted by Crippen LogP contribution is -2.36. The molecule has 5 heteroatoms. The van der Waals surface area contributed by atoms with Crippen molar-refractivity contribution >= 4 is 28.2 Å². The molecule has 0 radical (unpaired) electrons. The second-order valence-electron chi connectivity index (χ2n) is 7.05. The minimum atomic E-state index is -0.334. The van der Waals surface area contributed by atoms with Crippen LogP contribution in [0.25, 0.3) is 22.2 Å². The highest BCUT2D eigenvalue weighted by atomic mass is 35.5. The van der Waals surface area contributed by atoms with Crippen LogP contribution in [0.4, 0.5) is 5.69 Å². The van der Waals surface area contributed by atoms with Gasteiger partial charge in [0.25, 0.3) is 0 Å². The molecular weight excluding hydrogens is 360 g/mol. The van der Waals surface area contributed by atoms with Crippen LogP contribution in [0, 0.1) is 0 Å². The summed E-state index contributed by atoms with van der Waals surface area (Å²) in [5.74, 6) is 0.774. The zero-order valence-electron chi connectivity index (χ0n) is 15.3. The highest BCUT2D eigenvalue weighted by molar-refractivity contribution is 6.30. The van der Waals surface area contributed by atoms with Gasteiger partial charge in [0.1, 0.15) is 5.75 Å². The summed E-state index contributed by atoms with van der Waals surface area (Å²) >= 11 is 6.01. The monoisotopic (exact) mass is 382 g/mol. The molecular formula is C22H23ClN2O2. The van der Waals surface area contributed by atoms with E-state index < -0.39 is 0 Å². The summed E-state index contributed by atoms with van der Waals surface area (Å²) < 4.78 is 5.46. The van der Waals surface area contributed by atoms with Crippen LogP contribution in [0.5, 0.6) is 5.75 Å². The summed E-state index contributed by atoms with van der Waals surface area (Å²) in [6.45, 7) is 0. The smallest absolute Gasteiger partial charge is 0.121 e. The van der Waals surface area contributed by atoms with Gasteiger partial charge in [0, 0.05) is 22.0 Å². The molecule has 0 spiro atoms. The number of fused-ring (bicyclic) bond motifs is 1. The van der Waals surface area contributed by atoms with Crippen LogP contribution >= 0.6 is 11.6 Å². The fraction of sp³-hybridized carbons (Fsp3) is 0.318. The normalized spacial score (nSPS) is 19.8. The van der Waals surface area contributed by atoms with Gasteiger partial charge in [-0.05, 0) is 37.1 Å². The number of pyridine rings is 1. The summed E-state index contributed by atoms with van der Waals surface area (Å²) in [4.78, 5) is 4.90. The molecule has 2 aromatic carbocycles. The molecule has 4 nitrogen and oxygen atoms in total. The Morgan fingerprint density at radius 2 is 1.85 bits per heavy atom. The number of benzene rings is 2. The fourth-order valence-electron chi connectivity index (χ4n) is 3.70. The highest BCUT2D eigenvalue weighted by Crippen LogP contribution is 2.33. The predicted molar refractivity (Wildman–Crippen MR) is 111 cm³/mol. The number of aliphatic hydroxyl groups excluding tert-OH is 1. The number of hydrogen-bond acceptors (Lipinski definition) is 4. The number of aliphatic hydroxyl groups is 1. The van der Waals surface area contributed by atoms with Crippen LogP contribution in [0.2, 0.25) is 5.02 Å². The summed E-state index contributed by atoms with van der Waals surface area (Å²) in [6.07, 6.45) is 3.66. The summed E-state index contributed by atoms with van der Waals surface area (Å²) in [5, 5.41) is 15.6. The van der Waals surface area contributed by atoms with E-state index in [1.54, 1.807) is 7.11 Å². The van der Waals surface area contributed by atoms with E-state index in [9.17, 15) is 5.11 Å². The molecule has 1 heterocycles. The largest absolute Gasteiger partial charge is 0.497 e. The van der Waals surface area contributed by atoms with Gasteiger partial charge in [-0.3, -0.25) is 0 Å². The van der Waals surface area contributed by atoms with Crippen LogP contribution in [-0.4, -0.2) is 29.3 Å². The van der Waals surface area contributed by atoms with Crippen molar-refractivity contribution in [1.82, 2.24) is 4.98 Å². The van der Waals surface area contributed by atoms with Crippen molar-refractivity contribution in [2.45, 2.75) is 37.8 Å². The number of halogens is 1. The Balaban J connectivity index is 1.77. The zero-order valence-corrected chi connectivity index (χ0v) is 16.0. The van der Waals surface area contributed by atoms with Crippen LogP contribution in [0.3, 0.4) is 0 Å². The summed E-state index contributed by atoms with van der Waals surface area (Å²) in [6, 6.07) is 15.7. The standard InChI is InChI=1S/C22H23ClN2O2/c1-27-17-12-15-8-11-18(14-6-9-16(23)10-7-14)25-22(15)20(13-17)24-19-4-2-3-5-21(19)26/h6-13,19,21,24,26H,2-5H2,1H3/t19-,21+/m1/s1. The van der Waals surface area contributed by atoms with E-state index in [-0.39, 0.29) is 12.1 Å². The zero-order chi connectivity index (χ0) is 18.8. The van der Waals surface area contributed by atoms with E-state index in [1.807, 2.05) is 42.5 Å². The quantitative estimate of drug-likeness (QED) is 0.644. The highest BCUT2D eigenvalue weighted by Gasteiger charge is 2.23. The maximum Gasteiger partial charge on any atom is 0.121 e. The molecule has 27 heavy (non-hydrogen) atoms. The molecule has 3 aromatic rings. The van der Waals surface area contributed by atoms with E-state index in [2.05, 4.69) is 11.4 Å². The molecule has 140 valence electrons. The van der Waals surface area contributed by atoms with Gasteiger partial charge >= 0.3 is 0 Å². The van der Waals surface area contributed by atoms with Crippen molar-refractivity contribution in [1.29, 1.82) is 0 Å². The number of hydrogen-bond donors (Lipinski definition) is 2. The number of nitrogens with one attached hydrogen (secondary N) is 1. The molecule has 0 aliphatic heterocycles. The first-order chi connectivity index (χ1) is 13.1. The van der Waals surface area contributed by atoms with Crippen LogP contribution in [0.1, 0.15) is 25.7 Å². The number of rotatable bonds is 4.